The Bertz CT molecular complexity index is 4100. The van der Waals surface area contributed by atoms with Crippen LogP contribution >= 0.6 is 0 Å². The van der Waals surface area contributed by atoms with Gasteiger partial charge in [0.05, 0.1) is 19.8 Å². The van der Waals surface area contributed by atoms with Gasteiger partial charge in [-0.3, -0.25) is 4.79 Å². The summed E-state index contributed by atoms with van der Waals surface area (Å²) in [5, 5.41) is 56.6. The molecule has 512 valence electrons. The fourth-order valence-corrected chi connectivity index (χ4v) is 12.9. The zero-order valence-corrected chi connectivity index (χ0v) is 60.5. The van der Waals surface area contributed by atoms with Crippen molar-refractivity contribution in [3.63, 3.8) is 0 Å². The quantitative estimate of drug-likeness (QED) is 0.0345. The van der Waals surface area contributed by atoms with Crippen molar-refractivity contribution in [2.24, 2.45) is 10.8 Å². The third-order valence-corrected chi connectivity index (χ3v) is 18.3. The summed E-state index contributed by atoms with van der Waals surface area (Å²) >= 11 is 0. The van der Waals surface area contributed by atoms with E-state index in [2.05, 4.69) is 150 Å². The molecule has 0 N–H and O–H groups in total. The highest BCUT2D eigenvalue weighted by Gasteiger charge is 2.44. The van der Waals surface area contributed by atoms with Gasteiger partial charge in [0.25, 0.3) is 0 Å². The molecule has 0 saturated carbocycles. The molecule has 0 saturated heterocycles. The van der Waals surface area contributed by atoms with Gasteiger partial charge < -0.3 is 28.7 Å². The van der Waals surface area contributed by atoms with Gasteiger partial charge in [0, 0.05) is 66.4 Å². The van der Waals surface area contributed by atoms with Crippen molar-refractivity contribution in [1.82, 2.24) is 0 Å². The summed E-state index contributed by atoms with van der Waals surface area (Å²) in [6, 6.07) is 43.6. The van der Waals surface area contributed by atoms with Gasteiger partial charge in [-0.15, -0.1) is 0 Å². The second-order valence-electron chi connectivity index (χ2n) is 27.2. The summed E-state index contributed by atoms with van der Waals surface area (Å²) in [7, 11) is 3.48. The maximum Gasteiger partial charge on any atom is 0.172 e. The predicted octanol–water partition coefficient (Wildman–Crippen LogP) is 20.5. The molecule has 2 heterocycles. The van der Waals surface area contributed by atoms with Crippen molar-refractivity contribution in [3.05, 3.63) is 235 Å². The molecule has 4 aromatic rings. The molecule has 2 unspecified atom stereocenters. The number of nitrogens with zero attached hydrogens (tertiary/aromatic N) is 8. The lowest BCUT2D eigenvalue weighted by atomic mass is 9.75. The molecule has 13 nitrogen and oxygen atoms in total. The molecule has 0 bridgehead atoms. The Morgan fingerprint density at radius 1 is 0.505 bits per heavy atom. The van der Waals surface area contributed by atoms with Crippen LogP contribution in [-0.4, -0.2) is 46.7 Å². The Morgan fingerprint density at radius 2 is 0.899 bits per heavy atom. The zero-order chi connectivity index (χ0) is 72.2. The first-order valence-electron chi connectivity index (χ1n) is 34.6. The van der Waals surface area contributed by atoms with E-state index in [0.29, 0.717) is 11.1 Å². The van der Waals surface area contributed by atoms with Crippen molar-refractivity contribution >= 4 is 29.8 Å². The molecule has 0 fully saturated rings. The maximum atomic E-state index is 10.9. The Hall–Kier alpha value is -10.6. The molecule has 0 radical (unpaired) electrons. The van der Waals surface area contributed by atoms with Crippen molar-refractivity contribution in [1.29, 1.82) is 31.6 Å². The molecular weight excluding hydrogens is 1220 g/mol. The number of carbonyl (C=O) groups excluding carboxylic acids is 1. The number of allylic oxidation sites excluding steroid dienone is 15. The molecule has 0 amide bonds. The fraction of sp³-hybridized carbons (Fsp3) is 0.384. The average molecular weight is 1320 g/mol. The van der Waals surface area contributed by atoms with Crippen LogP contribution in [0.15, 0.2) is 213 Å². The van der Waals surface area contributed by atoms with Crippen LogP contribution in [0.5, 0.6) is 11.5 Å². The summed E-state index contributed by atoms with van der Waals surface area (Å²) < 4.78 is 23.7. The van der Waals surface area contributed by atoms with Crippen LogP contribution in [0, 0.1) is 78.8 Å². The van der Waals surface area contributed by atoms with Gasteiger partial charge in [0.15, 0.2) is 33.9 Å². The third kappa shape index (κ3) is 20.5. The fourth-order valence-electron chi connectivity index (χ4n) is 12.9. The lowest BCUT2D eigenvalue weighted by Crippen LogP contribution is -2.25. The Morgan fingerprint density at radius 3 is 1.28 bits per heavy atom. The minimum Gasteiger partial charge on any atom is -0.496 e. The van der Waals surface area contributed by atoms with E-state index in [1.54, 1.807) is 39.4 Å². The van der Waals surface area contributed by atoms with Gasteiger partial charge >= 0.3 is 0 Å². The first-order chi connectivity index (χ1) is 47.6. The lowest BCUT2D eigenvalue weighted by molar-refractivity contribution is -0.104. The Balaban J connectivity index is 0.000000261. The largest absolute Gasteiger partial charge is 0.496 e. The number of aldehydes is 1. The number of nitriles is 6. The molecule has 4 aromatic carbocycles. The molecule has 13 heteroatoms. The summed E-state index contributed by atoms with van der Waals surface area (Å²) in [6.07, 6.45) is 34.8. The highest BCUT2D eigenvalue weighted by atomic mass is 16.5. The van der Waals surface area contributed by atoms with Crippen molar-refractivity contribution < 1.29 is 23.7 Å². The first kappa shape index (κ1) is 77.4. The van der Waals surface area contributed by atoms with Crippen LogP contribution in [-0.2, 0) is 25.5 Å². The van der Waals surface area contributed by atoms with E-state index in [9.17, 15) is 25.8 Å². The number of hydrogen-bond acceptors (Lipinski definition) is 13. The monoisotopic (exact) mass is 1320 g/mol. The number of anilines is 2. The van der Waals surface area contributed by atoms with Gasteiger partial charge in [0.1, 0.15) is 59.8 Å². The SMILES string of the molecule is CC1=C(C#N)C(=C(C#N)C#N)OC1(C)c1ccccc1.CCCCN(CCCC)c1ccc(/C=C/C2=CC(=CC=CC3=C(C#N)C(=C(C#N)C#N)OC3(C)c3ccccc3)CC(C)(C)C2)c(OC)c1.CCCCN(CCCC)c1ccc(/C=C/C2=CC(=CC=O)CC(C)(C)C2)c(OC)c1. The molecule has 2 aliphatic heterocycles. The van der Waals surface area contributed by atoms with Gasteiger partial charge in [0.2, 0.25) is 0 Å². The lowest BCUT2D eigenvalue weighted by Gasteiger charge is -2.30. The standard InChI is InChI=1S/C43H48N4O2.C27H39NO2.C16H11N3O/c1-7-9-23-47(24-10-8-2)37-22-21-34(40(26-37)48-6)20-19-33-25-32(27-42(3,4)28-33)15-14-18-39-38(31-46)41(35(29-44)30-45)49-43(39,5)36-16-12-11-13-17-36;1-6-8-15-28(16-9-7-2)25-13-12-24(26(19-25)30-5)11-10-22-18-23(14-17-29)21-27(3,4)20-22;1-11-14(10-19)15(12(8-17)9-18)20-16(11,2)13-6-4-3-5-7-13/h11-22,25-26H,7-10,23-24,27-28H2,1-6H3;10-14,17-19H,6-9,15-16,20-21H2,1-5H3;3-7H,1-2H3/b18-14?,20-19+,32-15?;11-10+,23-14?;. The van der Waals surface area contributed by atoms with Crippen LogP contribution < -0.4 is 19.3 Å². The van der Waals surface area contributed by atoms with Crippen LogP contribution in [0.2, 0.25) is 0 Å². The van der Waals surface area contributed by atoms with E-state index in [1.165, 1.54) is 79.5 Å². The molecule has 0 spiro atoms. The van der Waals surface area contributed by atoms with E-state index < -0.39 is 11.2 Å². The Kier molecular flexibility index (Phi) is 29.1. The molecule has 99 heavy (non-hydrogen) atoms. The second-order valence-corrected chi connectivity index (χ2v) is 27.2. The van der Waals surface area contributed by atoms with Gasteiger partial charge in [-0.2, -0.15) is 31.6 Å². The van der Waals surface area contributed by atoms with Gasteiger partial charge in [-0.05, 0) is 152 Å². The normalized spacial score (nSPS) is 19.0. The van der Waals surface area contributed by atoms with Crippen LogP contribution in [0.4, 0.5) is 11.4 Å². The first-order valence-corrected chi connectivity index (χ1v) is 34.6. The summed E-state index contributed by atoms with van der Waals surface area (Å²) in [5.41, 5.74) is 10.7. The van der Waals surface area contributed by atoms with E-state index >= 15 is 0 Å². The van der Waals surface area contributed by atoms with Crippen LogP contribution in [0.1, 0.15) is 175 Å². The number of rotatable bonds is 25. The van der Waals surface area contributed by atoms with Crippen molar-refractivity contribution in [2.45, 2.75) is 164 Å². The molecule has 0 aromatic heterocycles. The van der Waals surface area contributed by atoms with E-state index in [-0.39, 0.29) is 44.6 Å². The van der Waals surface area contributed by atoms with Crippen LogP contribution in [0.3, 0.4) is 0 Å². The highest BCUT2D eigenvalue weighted by Crippen LogP contribution is 2.49. The van der Waals surface area contributed by atoms with Crippen LogP contribution in [0.25, 0.3) is 12.2 Å². The number of carbonyl (C=O) groups is 1. The number of unbranched alkanes of at least 4 members (excludes halogenated alkanes) is 4. The van der Waals surface area contributed by atoms with E-state index in [1.807, 2.05) is 105 Å². The third-order valence-electron chi connectivity index (χ3n) is 18.3. The predicted molar refractivity (Wildman–Crippen MR) is 399 cm³/mol. The molecular formula is C86H98N8O5. The zero-order valence-electron chi connectivity index (χ0n) is 60.5. The summed E-state index contributed by atoms with van der Waals surface area (Å²) in [4.78, 5) is 15.9. The smallest absolute Gasteiger partial charge is 0.172 e. The summed E-state index contributed by atoms with van der Waals surface area (Å²) in [5.74, 6) is 1.87. The number of benzene rings is 4. The molecule has 2 aliphatic carbocycles. The van der Waals surface area contributed by atoms with Crippen molar-refractivity contribution in [3.8, 4) is 47.9 Å². The minimum atomic E-state index is -1.04. The minimum absolute atomic E-state index is 0.0235. The van der Waals surface area contributed by atoms with Gasteiger partial charge in [-0.25, -0.2) is 0 Å². The topological polar surface area (TPSA) is 203 Å². The van der Waals surface area contributed by atoms with E-state index in [0.717, 1.165) is 97.5 Å². The Labute approximate surface area is 590 Å². The molecule has 4 aliphatic rings. The van der Waals surface area contributed by atoms with Gasteiger partial charge in [-0.1, -0.05) is 196 Å². The van der Waals surface area contributed by atoms with E-state index in [4.69, 9.17) is 29.5 Å². The highest BCUT2D eigenvalue weighted by molar-refractivity contribution is 5.70. The van der Waals surface area contributed by atoms with Crippen molar-refractivity contribution in [2.75, 3.05) is 50.2 Å². The maximum absolute atomic E-state index is 10.9. The number of ether oxygens (including phenoxy) is 4. The second kappa shape index (κ2) is 37.2. The number of methoxy groups -OCH3 is 2. The molecule has 2 atom stereocenters. The number of hydrogen-bond donors (Lipinski definition) is 0. The average Bonchev–Trinajstić information content (AvgIpc) is 1.61. The summed E-state index contributed by atoms with van der Waals surface area (Å²) in [6.45, 7) is 27.7. The molecule has 8 rings (SSSR count).